The van der Waals surface area contributed by atoms with Crippen molar-refractivity contribution in [3.63, 3.8) is 0 Å². The highest BCUT2D eigenvalue weighted by Crippen LogP contribution is 2.24. The highest BCUT2D eigenvalue weighted by Gasteiger charge is 2.07. The van der Waals surface area contributed by atoms with Crippen molar-refractivity contribution in [3.8, 4) is 5.75 Å². The molecule has 0 aliphatic rings. The molecule has 1 rings (SSSR count). The molecule has 0 amide bonds. The lowest BCUT2D eigenvalue weighted by atomic mass is 10.1. The first kappa shape index (κ1) is 12.8. The van der Waals surface area contributed by atoms with E-state index in [0.717, 1.165) is 17.1 Å². The Kier molecular flexibility index (Phi) is 5.09. The molecule has 0 aromatic carbocycles. The number of aryl methyl sites for hydroxylation is 1. The summed E-state index contributed by atoms with van der Waals surface area (Å²) in [6.07, 6.45) is 5.43. The van der Waals surface area contributed by atoms with E-state index in [1.807, 2.05) is 13.0 Å². The van der Waals surface area contributed by atoms with Crippen LogP contribution in [-0.2, 0) is 0 Å². The summed E-state index contributed by atoms with van der Waals surface area (Å²) in [4.78, 5) is 4.22. The number of methoxy groups -OCH3 is 1. The molecule has 90 valence electrons. The first-order valence-corrected chi connectivity index (χ1v) is 5.94. The number of unbranched alkanes of at least 4 members (excludes halogenated alkanes) is 1. The molecule has 1 atom stereocenters. The van der Waals surface area contributed by atoms with E-state index in [1.165, 1.54) is 19.3 Å². The Labute approximate surface area is 98.2 Å². The molecular weight excluding hydrogens is 200 g/mol. The van der Waals surface area contributed by atoms with Crippen molar-refractivity contribution in [1.29, 1.82) is 0 Å². The SMILES string of the molecule is CCCCC(C)Nc1cc(C)ncc1OC. The van der Waals surface area contributed by atoms with Crippen molar-refractivity contribution in [2.45, 2.75) is 46.1 Å². The molecule has 0 fully saturated rings. The maximum Gasteiger partial charge on any atom is 0.160 e. The number of aromatic nitrogens is 1. The van der Waals surface area contributed by atoms with Crippen molar-refractivity contribution < 1.29 is 4.74 Å². The van der Waals surface area contributed by atoms with Crippen LogP contribution in [0.4, 0.5) is 5.69 Å². The summed E-state index contributed by atoms with van der Waals surface area (Å²) in [7, 11) is 1.67. The average molecular weight is 222 g/mol. The predicted molar refractivity (Wildman–Crippen MR) is 68.1 cm³/mol. The van der Waals surface area contributed by atoms with Crippen molar-refractivity contribution >= 4 is 5.69 Å². The van der Waals surface area contributed by atoms with Gasteiger partial charge in [0.15, 0.2) is 5.75 Å². The topological polar surface area (TPSA) is 34.2 Å². The second-order valence-electron chi connectivity index (χ2n) is 4.21. The van der Waals surface area contributed by atoms with Crippen LogP contribution in [0.15, 0.2) is 12.3 Å². The van der Waals surface area contributed by atoms with Crippen LogP contribution in [-0.4, -0.2) is 18.1 Å². The number of nitrogens with one attached hydrogen (secondary N) is 1. The third-order valence-electron chi connectivity index (χ3n) is 2.62. The Morgan fingerprint density at radius 1 is 1.50 bits per heavy atom. The molecule has 3 nitrogen and oxygen atoms in total. The maximum absolute atomic E-state index is 5.28. The molecule has 1 heterocycles. The summed E-state index contributed by atoms with van der Waals surface area (Å²) < 4.78 is 5.28. The largest absolute Gasteiger partial charge is 0.493 e. The smallest absolute Gasteiger partial charge is 0.160 e. The van der Waals surface area contributed by atoms with Gasteiger partial charge in [0, 0.05) is 11.7 Å². The Morgan fingerprint density at radius 2 is 2.25 bits per heavy atom. The van der Waals surface area contributed by atoms with E-state index in [-0.39, 0.29) is 0 Å². The standard InChI is InChI=1S/C13H22N2O/c1-5-6-7-10(2)15-12-8-11(3)14-9-13(12)16-4/h8-10H,5-7H2,1-4H3,(H,14,15). The number of nitrogens with zero attached hydrogens (tertiary/aromatic N) is 1. The highest BCUT2D eigenvalue weighted by molar-refractivity contribution is 5.56. The molecule has 0 spiro atoms. The number of hydrogen-bond donors (Lipinski definition) is 1. The van der Waals surface area contributed by atoms with Gasteiger partial charge in [-0.05, 0) is 26.3 Å². The van der Waals surface area contributed by atoms with Crippen LogP contribution >= 0.6 is 0 Å². The van der Waals surface area contributed by atoms with Crippen molar-refractivity contribution in [3.05, 3.63) is 18.0 Å². The number of pyridine rings is 1. The number of ether oxygens (including phenoxy) is 1. The molecule has 0 aliphatic heterocycles. The predicted octanol–water partition coefficient (Wildman–Crippen LogP) is 3.39. The van der Waals surface area contributed by atoms with Gasteiger partial charge in [-0.25, -0.2) is 0 Å². The summed E-state index contributed by atoms with van der Waals surface area (Å²) >= 11 is 0. The van der Waals surface area contributed by atoms with Crippen LogP contribution in [0.5, 0.6) is 5.75 Å². The maximum atomic E-state index is 5.28. The fourth-order valence-electron chi connectivity index (χ4n) is 1.67. The van der Waals surface area contributed by atoms with Crippen molar-refractivity contribution in [2.75, 3.05) is 12.4 Å². The fourth-order valence-corrected chi connectivity index (χ4v) is 1.67. The fraction of sp³-hybridized carbons (Fsp3) is 0.615. The molecule has 0 saturated heterocycles. The van der Waals surface area contributed by atoms with Gasteiger partial charge in [0.2, 0.25) is 0 Å². The van der Waals surface area contributed by atoms with Crippen LogP contribution in [0.1, 0.15) is 38.8 Å². The lowest BCUT2D eigenvalue weighted by Gasteiger charge is -2.17. The Morgan fingerprint density at radius 3 is 2.88 bits per heavy atom. The van der Waals surface area contributed by atoms with Crippen LogP contribution < -0.4 is 10.1 Å². The quantitative estimate of drug-likeness (QED) is 0.801. The second kappa shape index (κ2) is 6.36. The lowest BCUT2D eigenvalue weighted by Crippen LogP contribution is -2.15. The molecule has 1 N–H and O–H groups in total. The Hall–Kier alpha value is -1.25. The third kappa shape index (κ3) is 3.72. The van der Waals surface area contributed by atoms with Gasteiger partial charge in [-0.3, -0.25) is 4.98 Å². The number of anilines is 1. The van der Waals surface area contributed by atoms with E-state index in [4.69, 9.17) is 4.74 Å². The van der Waals surface area contributed by atoms with Crippen molar-refractivity contribution in [1.82, 2.24) is 4.98 Å². The summed E-state index contributed by atoms with van der Waals surface area (Å²) in [5.41, 5.74) is 2.05. The van der Waals surface area contributed by atoms with E-state index >= 15 is 0 Å². The lowest BCUT2D eigenvalue weighted by molar-refractivity contribution is 0.413. The zero-order valence-electron chi connectivity index (χ0n) is 10.7. The van der Waals surface area contributed by atoms with E-state index in [2.05, 4.69) is 24.1 Å². The van der Waals surface area contributed by atoms with Gasteiger partial charge in [-0.2, -0.15) is 0 Å². The zero-order valence-corrected chi connectivity index (χ0v) is 10.7. The van der Waals surface area contributed by atoms with Gasteiger partial charge in [0.05, 0.1) is 19.0 Å². The van der Waals surface area contributed by atoms with Gasteiger partial charge in [0.25, 0.3) is 0 Å². The van der Waals surface area contributed by atoms with E-state index in [9.17, 15) is 0 Å². The summed E-state index contributed by atoms with van der Waals surface area (Å²) in [6.45, 7) is 6.40. The van der Waals surface area contributed by atoms with Gasteiger partial charge < -0.3 is 10.1 Å². The zero-order chi connectivity index (χ0) is 12.0. The minimum Gasteiger partial charge on any atom is -0.493 e. The molecule has 0 bridgehead atoms. The van der Waals surface area contributed by atoms with Crippen molar-refractivity contribution in [2.24, 2.45) is 0 Å². The van der Waals surface area contributed by atoms with Crippen LogP contribution in [0.25, 0.3) is 0 Å². The normalized spacial score (nSPS) is 12.2. The van der Waals surface area contributed by atoms with E-state index < -0.39 is 0 Å². The van der Waals surface area contributed by atoms with E-state index in [0.29, 0.717) is 6.04 Å². The van der Waals surface area contributed by atoms with Gasteiger partial charge in [-0.1, -0.05) is 19.8 Å². The molecule has 0 saturated carbocycles. The summed E-state index contributed by atoms with van der Waals surface area (Å²) in [6, 6.07) is 2.50. The van der Waals surface area contributed by atoms with Crippen LogP contribution in [0.3, 0.4) is 0 Å². The molecule has 0 radical (unpaired) electrons. The number of rotatable bonds is 6. The Balaban J connectivity index is 2.67. The molecular formula is C13H22N2O. The minimum absolute atomic E-state index is 0.468. The van der Waals surface area contributed by atoms with Crippen LogP contribution in [0, 0.1) is 6.92 Å². The summed E-state index contributed by atoms with van der Waals surface area (Å²) in [5.74, 6) is 0.814. The van der Waals surface area contributed by atoms with Gasteiger partial charge in [0.1, 0.15) is 0 Å². The van der Waals surface area contributed by atoms with Crippen LogP contribution in [0.2, 0.25) is 0 Å². The minimum atomic E-state index is 0.468. The first-order chi connectivity index (χ1) is 7.67. The summed E-state index contributed by atoms with van der Waals surface area (Å²) in [5, 5.41) is 3.47. The average Bonchev–Trinajstić information content (AvgIpc) is 2.27. The molecule has 1 unspecified atom stereocenters. The number of hydrogen-bond acceptors (Lipinski definition) is 3. The molecule has 1 aromatic heterocycles. The Bertz CT molecular complexity index is 326. The monoisotopic (exact) mass is 222 g/mol. The third-order valence-corrected chi connectivity index (χ3v) is 2.62. The van der Waals surface area contributed by atoms with E-state index in [1.54, 1.807) is 13.3 Å². The molecule has 1 aromatic rings. The second-order valence-corrected chi connectivity index (χ2v) is 4.21. The highest BCUT2D eigenvalue weighted by atomic mass is 16.5. The molecule has 3 heteroatoms. The first-order valence-electron chi connectivity index (χ1n) is 5.94. The van der Waals surface area contributed by atoms with Gasteiger partial charge >= 0.3 is 0 Å². The molecule has 0 aliphatic carbocycles. The molecule has 16 heavy (non-hydrogen) atoms. The van der Waals surface area contributed by atoms with Gasteiger partial charge in [-0.15, -0.1) is 0 Å².